The molecule has 0 aromatic heterocycles. The fourth-order valence-electron chi connectivity index (χ4n) is 0.613. The molecule has 9 heavy (non-hydrogen) atoms. The molecule has 0 aliphatic carbocycles. The van der Waals surface area contributed by atoms with E-state index in [4.69, 9.17) is 5.73 Å². The summed E-state index contributed by atoms with van der Waals surface area (Å²) in [7, 11) is 0. The van der Waals surface area contributed by atoms with Gasteiger partial charge in [0.05, 0.1) is 0 Å². The summed E-state index contributed by atoms with van der Waals surface area (Å²) < 4.78 is 0. The summed E-state index contributed by atoms with van der Waals surface area (Å²) in [5.74, 6) is 0. The van der Waals surface area contributed by atoms with Crippen molar-refractivity contribution in [3.8, 4) is 0 Å². The molecule has 0 aliphatic rings. The van der Waals surface area contributed by atoms with Gasteiger partial charge >= 0.3 is 0 Å². The Hall–Kier alpha value is -0.0400. The van der Waals surface area contributed by atoms with Gasteiger partial charge in [0, 0.05) is 6.54 Å². The summed E-state index contributed by atoms with van der Waals surface area (Å²) in [4.78, 5) is 0. The van der Waals surface area contributed by atoms with Crippen LogP contribution in [0.4, 0.5) is 0 Å². The van der Waals surface area contributed by atoms with Crippen molar-refractivity contribution in [1.82, 2.24) is 0 Å². The SMILES string of the molecule is CC(C)(C)[CH]CC[CH]N. The second-order valence-corrected chi connectivity index (χ2v) is 3.38. The normalized spacial score (nSPS) is 12.0. The van der Waals surface area contributed by atoms with Gasteiger partial charge in [-0.05, 0) is 24.7 Å². The molecule has 0 unspecified atom stereocenters. The summed E-state index contributed by atoms with van der Waals surface area (Å²) in [5.41, 5.74) is 5.56. The maximum atomic E-state index is 5.21. The molecule has 0 aromatic carbocycles. The number of nitrogens with two attached hydrogens (primary N) is 1. The van der Waals surface area contributed by atoms with E-state index in [-0.39, 0.29) is 0 Å². The molecule has 0 fully saturated rings. The fraction of sp³-hybridized carbons (Fsp3) is 0.750. The zero-order valence-corrected chi connectivity index (χ0v) is 6.65. The minimum Gasteiger partial charge on any atom is -0.326 e. The zero-order valence-electron chi connectivity index (χ0n) is 6.65. The second kappa shape index (κ2) is 3.89. The van der Waals surface area contributed by atoms with Crippen LogP contribution >= 0.6 is 0 Å². The van der Waals surface area contributed by atoms with Crippen LogP contribution in [0.1, 0.15) is 33.6 Å². The maximum Gasteiger partial charge on any atom is 0.0192 e. The standard InChI is InChI=1S/C8H17N/c1-8(2,3)6-4-5-7-9/h6-7H,4-5,9H2,1-3H3. The van der Waals surface area contributed by atoms with Gasteiger partial charge in [0.2, 0.25) is 0 Å². The van der Waals surface area contributed by atoms with Gasteiger partial charge in [0.25, 0.3) is 0 Å². The van der Waals surface area contributed by atoms with Gasteiger partial charge in [-0.25, -0.2) is 0 Å². The third-order valence-electron chi connectivity index (χ3n) is 1.09. The van der Waals surface area contributed by atoms with E-state index >= 15 is 0 Å². The maximum absolute atomic E-state index is 5.21. The molecule has 0 amide bonds. The van der Waals surface area contributed by atoms with Crippen molar-refractivity contribution in [1.29, 1.82) is 0 Å². The molecular weight excluding hydrogens is 110 g/mol. The van der Waals surface area contributed by atoms with Crippen LogP contribution in [0.3, 0.4) is 0 Å². The Labute approximate surface area is 58.6 Å². The van der Waals surface area contributed by atoms with Crippen LogP contribution in [0.25, 0.3) is 0 Å². The third kappa shape index (κ3) is 7.96. The van der Waals surface area contributed by atoms with Crippen LogP contribution in [0.15, 0.2) is 0 Å². The predicted octanol–water partition coefficient (Wildman–Crippen LogP) is 2.14. The molecule has 2 N–H and O–H groups in total. The lowest BCUT2D eigenvalue weighted by molar-refractivity contribution is 0.472. The Bertz CT molecular complexity index is 61.5. The second-order valence-electron chi connectivity index (χ2n) is 3.38. The summed E-state index contributed by atoms with van der Waals surface area (Å²) >= 11 is 0. The average molecular weight is 127 g/mol. The highest BCUT2D eigenvalue weighted by Crippen LogP contribution is 2.19. The first-order valence-corrected chi connectivity index (χ1v) is 3.44. The predicted molar refractivity (Wildman–Crippen MR) is 41.5 cm³/mol. The highest BCUT2D eigenvalue weighted by molar-refractivity contribution is 4.81. The van der Waals surface area contributed by atoms with Crippen LogP contribution in [0.2, 0.25) is 0 Å². The van der Waals surface area contributed by atoms with Gasteiger partial charge in [0.1, 0.15) is 0 Å². The van der Waals surface area contributed by atoms with E-state index in [2.05, 4.69) is 27.2 Å². The first-order valence-electron chi connectivity index (χ1n) is 3.44. The molecule has 0 saturated carbocycles. The van der Waals surface area contributed by atoms with Gasteiger partial charge in [0.15, 0.2) is 0 Å². The summed E-state index contributed by atoms with van der Waals surface area (Å²) in [6, 6.07) is 0. The minimum atomic E-state index is 0.350. The minimum absolute atomic E-state index is 0.350. The smallest absolute Gasteiger partial charge is 0.0192 e. The van der Waals surface area contributed by atoms with E-state index < -0.39 is 0 Å². The van der Waals surface area contributed by atoms with Crippen molar-refractivity contribution in [2.45, 2.75) is 33.6 Å². The number of unbranched alkanes of at least 4 members (excludes halogenated alkanes) is 1. The first kappa shape index (κ1) is 8.96. The molecule has 0 saturated heterocycles. The molecule has 1 heteroatoms. The van der Waals surface area contributed by atoms with Crippen molar-refractivity contribution >= 4 is 0 Å². The Balaban J connectivity index is 3.07. The molecule has 1 nitrogen and oxygen atoms in total. The van der Waals surface area contributed by atoms with Crippen molar-refractivity contribution in [3.05, 3.63) is 13.0 Å². The molecular formula is C8H17N. The van der Waals surface area contributed by atoms with Crippen LogP contribution in [-0.2, 0) is 0 Å². The topological polar surface area (TPSA) is 26.0 Å². The van der Waals surface area contributed by atoms with Crippen LogP contribution < -0.4 is 5.73 Å². The molecule has 0 bridgehead atoms. The lowest BCUT2D eigenvalue weighted by atomic mass is 9.90. The van der Waals surface area contributed by atoms with E-state index in [1.807, 2.05) is 0 Å². The third-order valence-corrected chi connectivity index (χ3v) is 1.09. The van der Waals surface area contributed by atoms with E-state index in [0.717, 1.165) is 12.8 Å². The van der Waals surface area contributed by atoms with E-state index in [1.54, 1.807) is 6.54 Å². The Morgan fingerprint density at radius 1 is 1.22 bits per heavy atom. The highest BCUT2D eigenvalue weighted by atomic mass is 14.5. The van der Waals surface area contributed by atoms with Crippen LogP contribution in [0, 0.1) is 18.4 Å². The Kier molecular flexibility index (Phi) is 3.87. The monoisotopic (exact) mass is 127 g/mol. The van der Waals surface area contributed by atoms with Crippen molar-refractivity contribution in [2.24, 2.45) is 11.1 Å². The number of hydrogen-bond acceptors (Lipinski definition) is 1. The molecule has 0 rings (SSSR count). The zero-order chi connectivity index (χ0) is 7.33. The summed E-state index contributed by atoms with van der Waals surface area (Å²) in [6.07, 6.45) is 4.38. The molecule has 0 atom stereocenters. The summed E-state index contributed by atoms with van der Waals surface area (Å²) in [5, 5.41) is 0. The van der Waals surface area contributed by atoms with Crippen LogP contribution in [0.5, 0.6) is 0 Å². The summed E-state index contributed by atoms with van der Waals surface area (Å²) in [6.45, 7) is 8.30. The van der Waals surface area contributed by atoms with E-state index in [0.29, 0.717) is 5.41 Å². The molecule has 2 radical (unpaired) electrons. The van der Waals surface area contributed by atoms with E-state index in [1.165, 1.54) is 0 Å². The molecule has 0 aliphatic heterocycles. The van der Waals surface area contributed by atoms with Gasteiger partial charge in [-0.2, -0.15) is 0 Å². The van der Waals surface area contributed by atoms with Gasteiger partial charge in [-0.3, -0.25) is 0 Å². The van der Waals surface area contributed by atoms with Crippen molar-refractivity contribution in [2.75, 3.05) is 0 Å². The number of rotatable bonds is 3. The van der Waals surface area contributed by atoms with E-state index in [9.17, 15) is 0 Å². The Morgan fingerprint density at radius 3 is 2.11 bits per heavy atom. The molecule has 54 valence electrons. The molecule has 0 heterocycles. The Morgan fingerprint density at radius 2 is 1.78 bits per heavy atom. The van der Waals surface area contributed by atoms with Gasteiger partial charge in [-0.1, -0.05) is 20.8 Å². The van der Waals surface area contributed by atoms with Gasteiger partial charge < -0.3 is 5.73 Å². The van der Waals surface area contributed by atoms with Crippen molar-refractivity contribution in [3.63, 3.8) is 0 Å². The lowest BCUT2D eigenvalue weighted by Crippen LogP contribution is -2.05. The van der Waals surface area contributed by atoms with Crippen LogP contribution in [-0.4, -0.2) is 0 Å². The largest absolute Gasteiger partial charge is 0.326 e. The molecule has 0 aromatic rings. The molecule has 0 spiro atoms. The number of hydrogen-bond donors (Lipinski definition) is 1. The lowest BCUT2D eigenvalue weighted by Gasteiger charge is -2.16. The first-order chi connectivity index (χ1) is 4.06. The van der Waals surface area contributed by atoms with Crippen molar-refractivity contribution < 1.29 is 0 Å². The quantitative estimate of drug-likeness (QED) is 0.577. The highest BCUT2D eigenvalue weighted by Gasteiger charge is 2.08. The average Bonchev–Trinajstić information content (AvgIpc) is 1.63. The van der Waals surface area contributed by atoms with Gasteiger partial charge in [-0.15, -0.1) is 0 Å². The fourth-order valence-corrected chi connectivity index (χ4v) is 0.613.